The van der Waals surface area contributed by atoms with Crippen LogP contribution in [0.5, 0.6) is 0 Å². The van der Waals surface area contributed by atoms with Crippen LogP contribution in [-0.2, 0) is 13.1 Å². The minimum absolute atomic E-state index is 0.142. The predicted molar refractivity (Wildman–Crippen MR) is 64.8 cm³/mol. The first-order chi connectivity index (χ1) is 8.33. The van der Waals surface area contributed by atoms with Crippen LogP contribution >= 0.6 is 11.3 Å². The Kier molecular flexibility index (Phi) is 2.58. The van der Waals surface area contributed by atoms with Crippen molar-refractivity contribution >= 4 is 22.4 Å². The minimum Gasteiger partial charge on any atom is -0.309 e. The number of amides is 1. The third-order valence-electron chi connectivity index (χ3n) is 2.68. The first-order valence-electron chi connectivity index (χ1n) is 5.23. The molecule has 3 rings (SSSR count). The number of hydrogen-bond donors (Lipinski definition) is 2. The van der Waals surface area contributed by atoms with E-state index in [1.165, 1.54) is 22.5 Å². The van der Waals surface area contributed by atoms with E-state index in [-0.39, 0.29) is 5.91 Å². The van der Waals surface area contributed by atoms with E-state index in [0.29, 0.717) is 10.7 Å². The zero-order chi connectivity index (χ0) is 11.7. The second kappa shape index (κ2) is 4.23. The van der Waals surface area contributed by atoms with E-state index in [2.05, 4.69) is 20.8 Å². The van der Waals surface area contributed by atoms with Crippen LogP contribution in [0.25, 0.3) is 0 Å². The quantitative estimate of drug-likeness (QED) is 0.840. The van der Waals surface area contributed by atoms with Gasteiger partial charge in [-0.3, -0.25) is 10.1 Å². The molecular weight excluding hydrogens is 236 g/mol. The number of nitrogens with zero attached hydrogens (tertiary/aromatic N) is 2. The molecule has 1 aromatic carbocycles. The summed E-state index contributed by atoms with van der Waals surface area (Å²) in [4.78, 5) is 11.9. The zero-order valence-electron chi connectivity index (χ0n) is 8.93. The Morgan fingerprint density at radius 1 is 1.35 bits per heavy atom. The highest BCUT2D eigenvalue weighted by molar-refractivity contribution is 7.13. The van der Waals surface area contributed by atoms with Gasteiger partial charge in [-0.15, -0.1) is 10.2 Å². The molecule has 1 aliphatic rings. The molecule has 5 nitrogen and oxygen atoms in total. The highest BCUT2D eigenvalue weighted by atomic mass is 32.1. The van der Waals surface area contributed by atoms with Crippen molar-refractivity contribution in [2.75, 3.05) is 5.32 Å². The summed E-state index contributed by atoms with van der Waals surface area (Å²) in [7, 11) is 0. The van der Waals surface area contributed by atoms with Crippen LogP contribution in [-0.4, -0.2) is 16.1 Å². The predicted octanol–water partition coefficient (Wildman–Crippen LogP) is 1.39. The van der Waals surface area contributed by atoms with E-state index in [4.69, 9.17) is 0 Å². The van der Waals surface area contributed by atoms with Gasteiger partial charge >= 0.3 is 0 Å². The molecule has 0 bridgehead atoms. The molecule has 0 atom stereocenters. The first kappa shape index (κ1) is 10.4. The van der Waals surface area contributed by atoms with Gasteiger partial charge in [0.1, 0.15) is 5.51 Å². The normalized spacial score (nSPS) is 13.4. The van der Waals surface area contributed by atoms with Crippen LogP contribution in [0.4, 0.5) is 5.13 Å². The van der Waals surface area contributed by atoms with Crippen LogP contribution in [0, 0.1) is 0 Å². The maximum atomic E-state index is 11.9. The van der Waals surface area contributed by atoms with Gasteiger partial charge in [-0.2, -0.15) is 0 Å². The van der Waals surface area contributed by atoms with Crippen molar-refractivity contribution in [1.29, 1.82) is 0 Å². The summed E-state index contributed by atoms with van der Waals surface area (Å²) in [6.45, 7) is 1.71. The van der Waals surface area contributed by atoms with Gasteiger partial charge in [0.2, 0.25) is 5.13 Å². The van der Waals surface area contributed by atoms with Crippen molar-refractivity contribution in [3.8, 4) is 0 Å². The maximum Gasteiger partial charge on any atom is 0.257 e. The maximum absolute atomic E-state index is 11.9. The molecule has 2 aromatic rings. The molecule has 2 heterocycles. The molecular formula is C11H10N4OS. The van der Waals surface area contributed by atoms with Crippen molar-refractivity contribution in [2.45, 2.75) is 13.1 Å². The number of carbonyl (C=O) groups is 1. The van der Waals surface area contributed by atoms with Gasteiger partial charge < -0.3 is 5.32 Å². The summed E-state index contributed by atoms with van der Waals surface area (Å²) in [5.74, 6) is -0.142. The van der Waals surface area contributed by atoms with E-state index in [1.807, 2.05) is 18.2 Å². The molecule has 1 aromatic heterocycles. The molecule has 0 aliphatic carbocycles. The van der Waals surface area contributed by atoms with Gasteiger partial charge in [0.05, 0.1) is 0 Å². The van der Waals surface area contributed by atoms with Crippen LogP contribution in [0.2, 0.25) is 0 Å². The van der Waals surface area contributed by atoms with Crippen LogP contribution in [0.1, 0.15) is 21.5 Å². The lowest BCUT2D eigenvalue weighted by atomic mass is 10.1. The Morgan fingerprint density at radius 2 is 2.24 bits per heavy atom. The molecule has 1 aliphatic heterocycles. The number of fused-ring (bicyclic) bond motifs is 1. The van der Waals surface area contributed by atoms with Crippen LogP contribution in [0.3, 0.4) is 0 Å². The third-order valence-corrected chi connectivity index (χ3v) is 3.29. The van der Waals surface area contributed by atoms with Crippen LogP contribution < -0.4 is 10.6 Å². The second-order valence-corrected chi connectivity index (χ2v) is 4.62. The number of carbonyl (C=O) groups excluding carboxylic acids is 1. The largest absolute Gasteiger partial charge is 0.309 e. The molecule has 2 N–H and O–H groups in total. The van der Waals surface area contributed by atoms with Crippen molar-refractivity contribution in [1.82, 2.24) is 15.5 Å². The topological polar surface area (TPSA) is 66.9 Å². The average Bonchev–Trinajstić information content (AvgIpc) is 2.97. The van der Waals surface area contributed by atoms with Gasteiger partial charge in [0.25, 0.3) is 5.91 Å². The molecule has 0 radical (unpaired) electrons. The van der Waals surface area contributed by atoms with Gasteiger partial charge in [-0.05, 0) is 23.3 Å². The third kappa shape index (κ3) is 2.04. The number of hydrogen-bond acceptors (Lipinski definition) is 5. The lowest BCUT2D eigenvalue weighted by Crippen LogP contribution is -2.12. The highest BCUT2D eigenvalue weighted by Gasteiger charge is 2.14. The number of anilines is 1. The van der Waals surface area contributed by atoms with Gasteiger partial charge in [0, 0.05) is 18.7 Å². The Bertz CT molecular complexity index is 553. The van der Waals surface area contributed by atoms with Crippen LogP contribution in [0.15, 0.2) is 23.7 Å². The van der Waals surface area contributed by atoms with Gasteiger partial charge in [0.15, 0.2) is 0 Å². The smallest absolute Gasteiger partial charge is 0.257 e. The fourth-order valence-corrected chi connectivity index (χ4v) is 2.27. The average molecular weight is 246 g/mol. The van der Waals surface area contributed by atoms with E-state index in [1.54, 1.807) is 5.51 Å². The molecule has 1 amide bonds. The second-order valence-electron chi connectivity index (χ2n) is 3.79. The van der Waals surface area contributed by atoms with E-state index in [0.717, 1.165) is 13.1 Å². The van der Waals surface area contributed by atoms with E-state index < -0.39 is 0 Å². The molecule has 0 fully saturated rings. The van der Waals surface area contributed by atoms with Gasteiger partial charge in [-0.1, -0.05) is 17.4 Å². The molecule has 6 heteroatoms. The Morgan fingerprint density at radius 3 is 3.06 bits per heavy atom. The minimum atomic E-state index is -0.142. The SMILES string of the molecule is O=C(Nc1nncs1)c1ccc2c(c1)CNC2. The molecule has 0 saturated carbocycles. The molecule has 17 heavy (non-hydrogen) atoms. The Hall–Kier alpha value is -1.79. The summed E-state index contributed by atoms with van der Waals surface area (Å²) < 4.78 is 0. The summed E-state index contributed by atoms with van der Waals surface area (Å²) >= 11 is 1.30. The van der Waals surface area contributed by atoms with Crippen molar-refractivity contribution in [3.05, 3.63) is 40.4 Å². The van der Waals surface area contributed by atoms with Crippen molar-refractivity contribution < 1.29 is 4.79 Å². The summed E-state index contributed by atoms with van der Waals surface area (Å²) in [5.41, 5.74) is 4.69. The highest BCUT2D eigenvalue weighted by Crippen LogP contribution is 2.18. The van der Waals surface area contributed by atoms with Gasteiger partial charge in [-0.25, -0.2) is 0 Å². The Labute approximate surface area is 102 Å². The lowest BCUT2D eigenvalue weighted by Gasteiger charge is -2.03. The monoisotopic (exact) mass is 246 g/mol. The number of aromatic nitrogens is 2. The van der Waals surface area contributed by atoms with Crippen molar-refractivity contribution in [2.24, 2.45) is 0 Å². The molecule has 0 saturated heterocycles. The number of rotatable bonds is 2. The lowest BCUT2D eigenvalue weighted by molar-refractivity contribution is 0.102. The van der Waals surface area contributed by atoms with Crippen molar-refractivity contribution in [3.63, 3.8) is 0 Å². The summed E-state index contributed by atoms with van der Waals surface area (Å²) in [5, 5.41) is 13.9. The number of nitrogens with one attached hydrogen (secondary N) is 2. The summed E-state index contributed by atoms with van der Waals surface area (Å²) in [6.07, 6.45) is 0. The first-order valence-corrected chi connectivity index (χ1v) is 6.11. The fraction of sp³-hybridized carbons (Fsp3) is 0.182. The van der Waals surface area contributed by atoms with E-state index in [9.17, 15) is 4.79 Å². The zero-order valence-corrected chi connectivity index (χ0v) is 9.75. The molecule has 0 unspecified atom stereocenters. The fourth-order valence-electron chi connectivity index (χ4n) is 1.83. The Balaban J connectivity index is 1.82. The molecule has 0 spiro atoms. The standard InChI is InChI=1S/C11H10N4OS/c16-10(14-11-15-13-6-17-11)7-1-2-8-4-12-5-9(8)3-7/h1-3,6,12H,4-5H2,(H,14,15,16). The summed E-state index contributed by atoms with van der Waals surface area (Å²) in [6, 6.07) is 5.75. The number of benzene rings is 1. The van der Waals surface area contributed by atoms with E-state index >= 15 is 0 Å². The molecule has 86 valence electrons.